The summed E-state index contributed by atoms with van der Waals surface area (Å²) in [6, 6.07) is 29.2. The number of carboxylic acid groups (broad SMARTS) is 1. The fraction of sp³-hybridized carbons (Fsp3) is 0.0588. The number of aromatic hydroxyl groups is 1. The number of hydrogen-bond acceptors (Lipinski definition) is 19. The summed E-state index contributed by atoms with van der Waals surface area (Å²) in [4.78, 5) is 71.8. The molecule has 0 radical (unpaired) electrons. The van der Waals surface area contributed by atoms with Crippen LogP contribution in [0.25, 0.3) is 0 Å². The van der Waals surface area contributed by atoms with E-state index < -0.39 is 23.0 Å². The molecule has 28 heteroatoms. The number of anilines is 3. The van der Waals surface area contributed by atoms with E-state index in [-0.39, 0.29) is 69.1 Å². The molecule has 4 aromatic heterocycles. The summed E-state index contributed by atoms with van der Waals surface area (Å²) < 4.78 is 14.8. The number of nitrogens with two attached hydrogens (primary N) is 1. The fourth-order valence-electron chi connectivity index (χ4n) is 5.21. The summed E-state index contributed by atoms with van der Waals surface area (Å²) in [7, 11) is 4.34. The normalized spacial score (nSPS) is 9.23. The van der Waals surface area contributed by atoms with E-state index in [0.29, 0.717) is 43.2 Å². The topological polar surface area (TPSA) is 348 Å². The van der Waals surface area contributed by atoms with E-state index in [2.05, 4.69) is 45.5 Å². The molecule has 4 heterocycles. The highest BCUT2D eigenvalue weighted by molar-refractivity contribution is 6.68. The first-order valence-corrected chi connectivity index (χ1v) is 23.1. The fourth-order valence-corrected chi connectivity index (χ4v) is 6.04. The minimum atomic E-state index is -1.05. The summed E-state index contributed by atoms with van der Waals surface area (Å²) in [5, 5.41) is 49.7. The van der Waals surface area contributed by atoms with Crippen LogP contribution >= 0.6 is 70.4 Å². The van der Waals surface area contributed by atoms with Gasteiger partial charge in [-0.1, -0.05) is 52.5 Å². The van der Waals surface area contributed by atoms with Gasteiger partial charge in [0, 0.05) is 32.5 Å². The molecule has 2 amide bonds. The molecule has 0 fully saturated rings. The molecular weight excluding hydrogens is 1150 g/mol. The highest BCUT2D eigenvalue weighted by Crippen LogP contribution is 2.26. The van der Waals surface area contributed by atoms with Crippen molar-refractivity contribution in [2.45, 2.75) is 0 Å². The summed E-state index contributed by atoms with van der Waals surface area (Å²) in [5.41, 5.74) is 6.46. The van der Waals surface area contributed by atoms with Gasteiger partial charge in [-0.2, -0.15) is 15.8 Å². The molecule has 0 saturated heterocycles. The molecule has 8 rings (SSSR count). The van der Waals surface area contributed by atoms with E-state index in [4.69, 9.17) is 98.8 Å². The van der Waals surface area contributed by atoms with Crippen LogP contribution in [0.5, 0.6) is 23.0 Å². The predicted octanol–water partition coefficient (Wildman–Crippen LogP) is 10.4. The lowest BCUT2D eigenvalue weighted by Gasteiger charge is -2.09. The minimum Gasteiger partial charge on any atom is -0.507 e. The van der Waals surface area contributed by atoms with E-state index in [0.717, 1.165) is 0 Å². The van der Waals surface area contributed by atoms with Crippen molar-refractivity contribution >= 4 is 111 Å². The number of halogens is 6. The summed E-state index contributed by atoms with van der Waals surface area (Å²) in [6.45, 7) is 0. The second-order valence-corrected chi connectivity index (χ2v) is 16.0. The first-order chi connectivity index (χ1) is 37.4. The van der Waals surface area contributed by atoms with Crippen LogP contribution in [-0.4, -0.2) is 89.5 Å². The quantitative estimate of drug-likeness (QED) is 0.0838. The zero-order valence-corrected chi connectivity index (χ0v) is 45.5. The summed E-state index contributed by atoms with van der Waals surface area (Å²) in [6.07, 6.45) is 11.2. The van der Waals surface area contributed by atoms with Crippen molar-refractivity contribution < 1.29 is 43.6 Å². The molecule has 8 aromatic rings. The number of phenolic OH excluding ortho intramolecular Hbond substituents is 1. The second kappa shape index (κ2) is 35.0. The third-order valence-electron chi connectivity index (χ3n) is 8.74. The molecule has 4 aromatic carbocycles. The van der Waals surface area contributed by atoms with E-state index in [1.807, 2.05) is 36.4 Å². The van der Waals surface area contributed by atoms with Crippen LogP contribution in [0.4, 0.5) is 17.5 Å². The van der Waals surface area contributed by atoms with Gasteiger partial charge in [0.05, 0.1) is 75.2 Å². The van der Waals surface area contributed by atoms with Crippen molar-refractivity contribution in [1.29, 1.82) is 15.8 Å². The maximum absolute atomic E-state index is 12.1. The molecule has 0 unspecified atom stereocenters. The molecule has 0 bridgehead atoms. The smallest absolute Gasteiger partial charge is 0.339 e. The first kappa shape index (κ1) is 65.7. The van der Waals surface area contributed by atoms with Crippen LogP contribution in [0.15, 0.2) is 141 Å². The molecule has 22 nitrogen and oxygen atoms in total. The van der Waals surface area contributed by atoms with Gasteiger partial charge in [0.25, 0.3) is 17.1 Å². The average Bonchev–Trinajstić information content (AvgIpc) is 3.46. The molecule has 0 spiro atoms. The van der Waals surface area contributed by atoms with E-state index in [1.54, 1.807) is 42.7 Å². The third kappa shape index (κ3) is 23.1. The van der Waals surface area contributed by atoms with Crippen molar-refractivity contribution in [1.82, 2.24) is 34.9 Å². The van der Waals surface area contributed by atoms with E-state index in [9.17, 15) is 24.3 Å². The van der Waals surface area contributed by atoms with Gasteiger partial charge in [0.1, 0.15) is 52.6 Å². The highest BCUT2D eigenvalue weighted by Gasteiger charge is 2.16. The molecule has 0 saturated carbocycles. The molecular formula is C51H39Cl6N13O9. The predicted molar refractivity (Wildman–Crippen MR) is 296 cm³/mol. The standard InChI is InChI=1S/C13H9ClN4O2.C12H7ClN4O2.C8H6Cl2O2.C8H7ClO3.C5H4N4.C5H5N.ClH/c1-20-11-3-2-8(14)4-10(11)13(19)18-12-7-16-9(5-15)6-17-12;13-7-1-2-10(18)9(3-7)12(19)17-11-6-15-8(4-14)5-16-11;2*1-12-7-3-2-5(9)4-6(7)8(10)11;6-1-4-2-9-5(7)3-8-4;1-2-4-6-5-3-1;/h2-4,6-7H,1H3,(H,17,18,19);1-3,5-6,18H,(H,16,17,19);2-4H,1H3;2-4H,1H3,(H,10,11);2-3H,(H2,7,9);1-5H;1H. The molecule has 0 atom stereocenters. The van der Waals surface area contributed by atoms with Gasteiger partial charge in [-0.3, -0.25) is 19.4 Å². The number of aromatic carboxylic acids is 1. The first-order valence-electron chi connectivity index (χ1n) is 21.2. The van der Waals surface area contributed by atoms with Gasteiger partial charge in [0.15, 0.2) is 28.7 Å². The molecule has 0 aliphatic rings. The lowest BCUT2D eigenvalue weighted by atomic mass is 10.2. The van der Waals surface area contributed by atoms with Crippen LogP contribution in [-0.2, 0) is 0 Å². The van der Waals surface area contributed by atoms with Gasteiger partial charge in [-0.05, 0) is 96.5 Å². The van der Waals surface area contributed by atoms with Crippen molar-refractivity contribution in [2.24, 2.45) is 0 Å². The lowest BCUT2D eigenvalue weighted by Crippen LogP contribution is -2.14. The Bertz CT molecular complexity index is 3340. The molecule has 404 valence electrons. The largest absolute Gasteiger partial charge is 0.507 e. The number of carbonyl (C=O) groups excluding carboxylic acids is 3. The number of aromatic nitrogens is 7. The Labute approximate surface area is 481 Å². The van der Waals surface area contributed by atoms with Crippen molar-refractivity contribution in [3.63, 3.8) is 0 Å². The number of nitrogens with zero attached hydrogens (tertiary/aromatic N) is 10. The minimum absolute atomic E-state index is 0. The van der Waals surface area contributed by atoms with Crippen LogP contribution < -0.4 is 30.6 Å². The average molecular weight is 1190 g/mol. The van der Waals surface area contributed by atoms with Gasteiger partial charge >= 0.3 is 5.97 Å². The van der Waals surface area contributed by atoms with E-state index >= 15 is 0 Å². The molecule has 0 aliphatic heterocycles. The van der Waals surface area contributed by atoms with Gasteiger partial charge in [0.2, 0.25) is 0 Å². The number of nitrogens with one attached hydrogen (secondary N) is 2. The number of rotatable bonds is 9. The lowest BCUT2D eigenvalue weighted by molar-refractivity contribution is 0.0692. The van der Waals surface area contributed by atoms with Crippen LogP contribution in [0.3, 0.4) is 0 Å². The number of amides is 2. The number of carbonyl (C=O) groups is 4. The number of nitriles is 3. The number of carboxylic acids is 1. The van der Waals surface area contributed by atoms with Gasteiger partial charge in [-0.25, -0.2) is 34.7 Å². The number of ether oxygens (including phenoxy) is 3. The van der Waals surface area contributed by atoms with Crippen molar-refractivity contribution in [3.8, 4) is 41.2 Å². The van der Waals surface area contributed by atoms with Crippen molar-refractivity contribution in [2.75, 3.05) is 37.7 Å². The number of hydrogen-bond donors (Lipinski definition) is 5. The van der Waals surface area contributed by atoms with Gasteiger partial charge in [-0.15, -0.1) is 12.4 Å². The molecule has 79 heavy (non-hydrogen) atoms. The number of nitrogen functional groups attached to an aromatic ring is 1. The Hall–Kier alpha value is -9.44. The molecule has 0 aliphatic carbocycles. The zero-order chi connectivity index (χ0) is 57.6. The van der Waals surface area contributed by atoms with Crippen LogP contribution in [0, 0.1) is 34.0 Å². The Morgan fingerprint density at radius 1 is 0.532 bits per heavy atom. The number of phenols is 1. The van der Waals surface area contributed by atoms with Crippen molar-refractivity contribution in [3.05, 3.63) is 200 Å². The third-order valence-corrected chi connectivity index (χ3v) is 9.89. The summed E-state index contributed by atoms with van der Waals surface area (Å²) in [5.74, 6) is -0.367. The summed E-state index contributed by atoms with van der Waals surface area (Å²) >= 11 is 28.1. The maximum Gasteiger partial charge on any atom is 0.339 e. The van der Waals surface area contributed by atoms with Crippen LogP contribution in [0.2, 0.25) is 20.1 Å². The number of pyridine rings is 1. The van der Waals surface area contributed by atoms with Crippen LogP contribution in [0.1, 0.15) is 58.5 Å². The molecule has 6 N–H and O–H groups in total. The Kier molecular flexibility index (Phi) is 29.1. The van der Waals surface area contributed by atoms with Gasteiger partial charge < -0.3 is 40.8 Å². The maximum atomic E-state index is 12.1. The zero-order valence-electron chi connectivity index (χ0n) is 40.9. The van der Waals surface area contributed by atoms with E-state index in [1.165, 1.54) is 101 Å². The Balaban J connectivity index is 0.000000336. The number of benzene rings is 4. The second-order valence-electron chi connectivity index (χ2n) is 13.9. The Morgan fingerprint density at radius 2 is 0.911 bits per heavy atom. The monoisotopic (exact) mass is 1190 g/mol. The SMILES string of the molecule is COc1ccc(Cl)cc1C(=O)Cl.COc1ccc(Cl)cc1C(=O)Nc1cnc(C#N)cn1.COc1ccc(Cl)cc1C(=O)O.Cl.N#Cc1cnc(N)cn1.N#Cc1cnc(NC(=O)c2cc(Cl)ccc2O)cn1.c1ccncc1. The Morgan fingerprint density at radius 3 is 1.27 bits per heavy atom. The number of methoxy groups -OCH3 is 3. The highest BCUT2D eigenvalue weighted by atomic mass is 35.5.